The molecule has 5 nitrogen and oxygen atoms in total. The Bertz CT molecular complexity index is 657. The molecule has 5 heteroatoms. The summed E-state index contributed by atoms with van der Waals surface area (Å²) in [5, 5.41) is 0. The van der Waals surface area contributed by atoms with Crippen molar-refractivity contribution in [3.05, 3.63) is 47.4 Å². The van der Waals surface area contributed by atoms with Crippen LogP contribution >= 0.6 is 0 Å². The summed E-state index contributed by atoms with van der Waals surface area (Å²) in [6.07, 6.45) is 2.19. The van der Waals surface area contributed by atoms with Gasteiger partial charge in [0.2, 0.25) is 5.88 Å². The fourth-order valence-electron chi connectivity index (χ4n) is 2.62. The molecular weight excluding hydrogens is 278 g/mol. The van der Waals surface area contributed by atoms with Gasteiger partial charge in [0.05, 0.1) is 0 Å². The van der Waals surface area contributed by atoms with E-state index in [1.165, 1.54) is 0 Å². The molecule has 1 fully saturated rings. The van der Waals surface area contributed by atoms with Gasteiger partial charge in [0, 0.05) is 30.4 Å². The van der Waals surface area contributed by atoms with E-state index in [1.807, 2.05) is 18.7 Å². The molecule has 0 bridgehead atoms. The van der Waals surface area contributed by atoms with Crippen LogP contribution in [-0.4, -0.2) is 33.9 Å². The van der Waals surface area contributed by atoms with Crippen LogP contribution in [0.15, 0.2) is 30.3 Å². The van der Waals surface area contributed by atoms with E-state index in [0.29, 0.717) is 23.0 Å². The summed E-state index contributed by atoms with van der Waals surface area (Å²) in [5.74, 6) is 1.95. The minimum absolute atomic E-state index is 0.0952. The Kier molecular flexibility index (Phi) is 4.04. The lowest BCUT2D eigenvalue weighted by Gasteiger charge is -2.15. The molecule has 1 aliphatic rings. The second-order valence-electron chi connectivity index (χ2n) is 5.52. The van der Waals surface area contributed by atoms with Crippen molar-refractivity contribution < 1.29 is 9.53 Å². The number of likely N-dealkylation sites (tertiary alicyclic amines) is 1. The van der Waals surface area contributed by atoms with Crippen molar-refractivity contribution in [3.63, 3.8) is 0 Å². The summed E-state index contributed by atoms with van der Waals surface area (Å²) in [4.78, 5) is 22.6. The molecule has 1 aliphatic heterocycles. The molecular formula is C17H19N3O2. The molecule has 3 rings (SSSR count). The van der Waals surface area contributed by atoms with Crippen LogP contribution in [0.25, 0.3) is 0 Å². The first-order valence-corrected chi connectivity index (χ1v) is 7.51. The van der Waals surface area contributed by atoms with Crippen molar-refractivity contribution in [2.45, 2.75) is 26.7 Å². The summed E-state index contributed by atoms with van der Waals surface area (Å²) in [6.45, 7) is 5.45. The smallest absolute Gasteiger partial charge is 0.253 e. The summed E-state index contributed by atoms with van der Waals surface area (Å²) in [5.41, 5.74) is 1.56. The number of ether oxygens (including phenoxy) is 1. The fraction of sp³-hybridized carbons (Fsp3) is 0.353. The normalized spacial score (nSPS) is 14.2. The summed E-state index contributed by atoms with van der Waals surface area (Å²) in [6, 6.07) is 9.00. The highest BCUT2D eigenvalue weighted by molar-refractivity contribution is 5.94. The Hall–Kier alpha value is -2.43. The lowest BCUT2D eigenvalue weighted by Crippen LogP contribution is -2.27. The number of hydrogen-bond acceptors (Lipinski definition) is 4. The van der Waals surface area contributed by atoms with E-state index in [2.05, 4.69) is 9.97 Å². The van der Waals surface area contributed by atoms with E-state index in [4.69, 9.17) is 4.74 Å². The monoisotopic (exact) mass is 297 g/mol. The molecule has 0 unspecified atom stereocenters. The van der Waals surface area contributed by atoms with Crippen molar-refractivity contribution in [2.24, 2.45) is 0 Å². The van der Waals surface area contributed by atoms with Crippen molar-refractivity contribution >= 4 is 5.91 Å². The fourth-order valence-corrected chi connectivity index (χ4v) is 2.62. The minimum Gasteiger partial charge on any atom is -0.439 e. The average molecular weight is 297 g/mol. The van der Waals surface area contributed by atoms with Gasteiger partial charge in [-0.15, -0.1) is 0 Å². The number of aromatic nitrogens is 2. The molecule has 1 amide bonds. The minimum atomic E-state index is 0.0952. The summed E-state index contributed by atoms with van der Waals surface area (Å²) in [7, 11) is 0. The average Bonchev–Trinajstić information content (AvgIpc) is 3.00. The van der Waals surface area contributed by atoms with Gasteiger partial charge in [-0.25, -0.2) is 4.98 Å². The van der Waals surface area contributed by atoms with Crippen LogP contribution in [0.5, 0.6) is 11.6 Å². The Balaban J connectivity index is 1.72. The SMILES string of the molecule is Cc1cc(Oc2ccc(C(=O)N3CCCC3)cc2)nc(C)n1. The molecule has 2 heterocycles. The molecule has 0 saturated carbocycles. The quantitative estimate of drug-likeness (QED) is 0.873. The van der Waals surface area contributed by atoms with E-state index < -0.39 is 0 Å². The standard InChI is InChI=1S/C17H19N3O2/c1-12-11-16(19-13(2)18-12)22-15-7-5-14(6-8-15)17(21)20-9-3-4-10-20/h5-8,11H,3-4,9-10H2,1-2H3. The number of hydrogen-bond donors (Lipinski definition) is 0. The van der Waals surface area contributed by atoms with Crippen molar-refractivity contribution in [3.8, 4) is 11.6 Å². The summed E-state index contributed by atoms with van der Waals surface area (Å²) >= 11 is 0. The highest BCUT2D eigenvalue weighted by atomic mass is 16.5. The molecule has 0 radical (unpaired) electrons. The largest absolute Gasteiger partial charge is 0.439 e. The van der Waals surface area contributed by atoms with Crippen LogP contribution in [-0.2, 0) is 0 Å². The van der Waals surface area contributed by atoms with Gasteiger partial charge in [0.25, 0.3) is 5.91 Å². The van der Waals surface area contributed by atoms with Crippen LogP contribution in [0.2, 0.25) is 0 Å². The topological polar surface area (TPSA) is 55.3 Å². The Morgan fingerprint density at radius 3 is 2.41 bits per heavy atom. The van der Waals surface area contributed by atoms with Crippen LogP contribution in [0.4, 0.5) is 0 Å². The maximum atomic E-state index is 12.3. The van der Waals surface area contributed by atoms with Gasteiger partial charge in [-0.05, 0) is 51.0 Å². The maximum absolute atomic E-state index is 12.3. The highest BCUT2D eigenvalue weighted by Gasteiger charge is 2.19. The van der Waals surface area contributed by atoms with Gasteiger partial charge in [-0.3, -0.25) is 4.79 Å². The van der Waals surface area contributed by atoms with Crippen molar-refractivity contribution in [1.82, 2.24) is 14.9 Å². The first-order chi connectivity index (χ1) is 10.6. The first kappa shape index (κ1) is 14.5. The number of aryl methyl sites for hydroxylation is 2. The van der Waals surface area contributed by atoms with E-state index in [1.54, 1.807) is 30.3 Å². The number of amides is 1. The van der Waals surface area contributed by atoms with Gasteiger partial charge >= 0.3 is 0 Å². The molecule has 0 spiro atoms. The number of benzene rings is 1. The molecule has 2 aromatic rings. The Morgan fingerprint density at radius 1 is 1.09 bits per heavy atom. The van der Waals surface area contributed by atoms with Crippen molar-refractivity contribution in [1.29, 1.82) is 0 Å². The van der Waals surface area contributed by atoms with Gasteiger partial charge in [-0.2, -0.15) is 4.98 Å². The maximum Gasteiger partial charge on any atom is 0.253 e. The molecule has 0 N–H and O–H groups in total. The van der Waals surface area contributed by atoms with Crippen LogP contribution < -0.4 is 4.74 Å². The zero-order chi connectivity index (χ0) is 15.5. The lowest BCUT2D eigenvalue weighted by atomic mass is 10.2. The highest BCUT2D eigenvalue weighted by Crippen LogP contribution is 2.21. The van der Waals surface area contributed by atoms with E-state index in [0.717, 1.165) is 31.6 Å². The molecule has 1 aromatic carbocycles. The Labute approximate surface area is 130 Å². The van der Waals surface area contributed by atoms with Gasteiger partial charge in [0.15, 0.2) is 0 Å². The van der Waals surface area contributed by atoms with E-state index in [-0.39, 0.29) is 5.91 Å². The summed E-state index contributed by atoms with van der Waals surface area (Å²) < 4.78 is 5.72. The third-order valence-corrected chi connectivity index (χ3v) is 3.66. The van der Waals surface area contributed by atoms with Crippen LogP contribution in [0.1, 0.15) is 34.7 Å². The van der Waals surface area contributed by atoms with Crippen LogP contribution in [0, 0.1) is 13.8 Å². The predicted molar refractivity (Wildman–Crippen MR) is 83.2 cm³/mol. The molecule has 114 valence electrons. The number of nitrogens with zero attached hydrogens (tertiary/aromatic N) is 3. The first-order valence-electron chi connectivity index (χ1n) is 7.51. The Morgan fingerprint density at radius 2 is 1.77 bits per heavy atom. The lowest BCUT2D eigenvalue weighted by molar-refractivity contribution is 0.0793. The van der Waals surface area contributed by atoms with Crippen LogP contribution in [0.3, 0.4) is 0 Å². The second-order valence-corrected chi connectivity index (χ2v) is 5.52. The number of carbonyl (C=O) groups is 1. The zero-order valence-corrected chi connectivity index (χ0v) is 12.9. The second kappa shape index (κ2) is 6.13. The third kappa shape index (κ3) is 3.24. The molecule has 0 atom stereocenters. The molecule has 1 saturated heterocycles. The third-order valence-electron chi connectivity index (χ3n) is 3.66. The van der Waals surface area contributed by atoms with E-state index >= 15 is 0 Å². The number of rotatable bonds is 3. The van der Waals surface area contributed by atoms with Gasteiger partial charge in [0.1, 0.15) is 11.6 Å². The van der Waals surface area contributed by atoms with E-state index in [9.17, 15) is 4.79 Å². The van der Waals surface area contributed by atoms with Crippen molar-refractivity contribution in [2.75, 3.05) is 13.1 Å². The molecule has 1 aromatic heterocycles. The number of carbonyl (C=O) groups excluding carboxylic acids is 1. The molecule has 0 aliphatic carbocycles. The van der Waals surface area contributed by atoms with Gasteiger partial charge in [-0.1, -0.05) is 0 Å². The molecule has 22 heavy (non-hydrogen) atoms. The zero-order valence-electron chi connectivity index (χ0n) is 12.9. The van der Waals surface area contributed by atoms with Gasteiger partial charge < -0.3 is 9.64 Å². The predicted octanol–water partition coefficient (Wildman–Crippen LogP) is 3.12.